The Morgan fingerprint density at radius 3 is 2.37 bits per heavy atom. The van der Waals surface area contributed by atoms with Crippen molar-refractivity contribution in [3.8, 4) is 0 Å². The van der Waals surface area contributed by atoms with Crippen LogP contribution in [0.3, 0.4) is 0 Å². The number of nitro benzene ring substituents is 2. The molecule has 4 aliphatic carbocycles. The van der Waals surface area contributed by atoms with Crippen LogP contribution in [0.5, 0.6) is 0 Å². The molecule has 0 unspecified atom stereocenters. The number of hydrogen-bond acceptors (Lipinski definition) is 8. The Bertz CT molecular complexity index is 1070. The van der Waals surface area contributed by atoms with Crippen LogP contribution in [0.1, 0.15) is 30.1 Å². The summed E-state index contributed by atoms with van der Waals surface area (Å²) in [4.78, 5) is 50.5. The van der Waals surface area contributed by atoms with E-state index in [1.54, 1.807) is 13.0 Å². The third kappa shape index (κ3) is 3.19. The summed E-state index contributed by atoms with van der Waals surface area (Å²) in [6, 6.07) is 2.66. The zero-order chi connectivity index (χ0) is 21.6. The van der Waals surface area contributed by atoms with Crippen LogP contribution in [-0.2, 0) is 9.63 Å². The topological polar surface area (TPSA) is 142 Å². The first-order chi connectivity index (χ1) is 14.3. The number of benzene rings is 1. The lowest BCUT2D eigenvalue weighted by Crippen LogP contribution is -2.47. The summed E-state index contributed by atoms with van der Waals surface area (Å²) in [5.74, 6) is -1.25. The van der Waals surface area contributed by atoms with Crippen LogP contribution in [0.15, 0.2) is 47.2 Å². The van der Waals surface area contributed by atoms with E-state index in [9.17, 15) is 29.8 Å². The van der Waals surface area contributed by atoms with E-state index in [0.29, 0.717) is 17.4 Å². The van der Waals surface area contributed by atoms with E-state index in [0.717, 1.165) is 25.0 Å². The SMILES string of the molecule is CC1=C/C(=N\OC(=O)c2ccc([N+](=O)[O-])cc2[N+](=O)[O-])[C@@H]2[C@H](C1=O)[C@H]1C=C[C@@H]2CC1. The minimum absolute atomic E-state index is 0.0651. The van der Waals surface area contributed by atoms with Crippen molar-refractivity contribution in [3.05, 3.63) is 67.8 Å². The van der Waals surface area contributed by atoms with Gasteiger partial charge in [0.1, 0.15) is 5.56 Å². The molecule has 4 aliphatic rings. The standard InChI is InChI=1S/C20H17N3O7/c1-10-8-15(17-11-2-4-12(5-3-11)18(17)19(10)24)21-30-20(25)14-7-6-13(22(26)27)9-16(14)23(28)29/h2,4,6-9,11-12,17-18H,3,5H2,1H3/b21-15+/t11-,12+,17-,18-/m1/s1. The van der Waals surface area contributed by atoms with Crippen LogP contribution in [0, 0.1) is 43.9 Å². The largest absolute Gasteiger partial charge is 0.372 e. The first-order valence-electron chi connectivity index (χ1n) is 9.41. The van der Waals surface area contributed by atoms with Crippen LogP contribution < -0.4 is 0 Å². The zero-order valence-electron chi connectivity index (χ0n) is 15.9. The molecule has 10 nitrogen and oxygen atoms in total. The van der Waals surface area contributed by atoms with Gasteiger partial charge in [-0.2, -0.15) is 0 Å². The third-order valence-electron chi connectivity index (χ3n) is 5.99. The number of fused-ring (bicyclic) bond motifs is 1. The summed E-state index contributed by atoms with van der Waals surface area (Å²) >= 11 is 0. The Balaban J connectivity index is 1.64. The number of carbonyl (C=O) groups excluding carboxylic acids is 2. The minimum Gasteiger partial charge on any atom is -0.312 e. The second kappa shape index (κ2) is 7.29. The molecule has 0 N–H and O–H groups in total. The van der Waals surface area contributed by atoms with E-state index in [-0.39, 0.29) is 29.5 Å². The molecule has 0 radical (unpaired) electrons. The summed E-state index contributed by atoms with van der Waals surface area (Å²) in [6.45, 7) is 1.68. The molecule has 0 spiro atoms. The van der Waals surface area contributed by atoms with Crippen molar-refractivity contribution in [3.63, 3.8) is 0 Å². The minimum atomic E-state index is -1.10. The fraction of sp³-hybridized carbons (Fsp3) is 0.350. The van der Waals surface area contributed by atoms with Gasteiger partial charge in [-0.15, -0.1) is 0 Å². The maximum absolute atomic E-state index is 12.7. The van der Waals surface area contributed by atoms with Crippen molar-refractivity contribution in [2.75, 3.05) is 0 Å². The highest BCUT2D eigenvalue weighted by Crippen LogP contribution is 2.48. The zero-order valence-corrected chi connectivity index (χ0v) is 15.9. The molecule has 1 fully saturated rings. The van der Waals surface area contributed by atoms with Gasteiger partial charge in [0.05, 0.1) is 21.6 Å². The number of nitro groups is 2. The summed E-state index contributed by atoms with van der Waals surface area (Å²) in [5, 5.41) is 26.0. The van der Waals surface area contributed by atoms with E-state index in [4.69, 9.17) is 4.84 Å². The molecule has 0 heterocycles. The Morgan fingerprint density at radius 1 is 1.10 bits per heavy atom. The quantitative estimate of drug-likeness (QED) is 0.320. The van der Waals surface area contributed by atoms with Crippen LogP contribution in [0.25, 0.3) is 0 Å². The predicted molar refractivity (Wildman–Crippen MR) is 104 cm³/mol. The highest BCUT2D eigenvalue weighted by atomic mass is 16.7. The molecule has 10 heteroatoms. The molecule has 0 saturated heterocycles. The number of nitrogens with zero attached hydrogens (tertiary/aromatic N) is 3. The van der Waals surface area contributed by atoms with E-state index in [1.165, 1.54) is 0 Å². The van der Waals surface area contributed by atoms with Crippen LogP contribution in [0.2, 0.25) is 0 Å². The third-order valence-corrected chi connectivity index (χ3v) is 5.99. The van der Waals surface area contributed by atoms with Crippen molar-refractivity contribution in [1.29, 1.82) is 0 Å². The van der Waals surface area contributed by atoms with E-state index >= 15 is 0 Å². The number of non-ortho nitro benzene ring substituents is 1. The van der Waals surface area contributed by atoms with E-state index in [2.05, 4.69) is 17.3 Å². The van der Waals surface area contributed by atoms with Crippen LogP contribution in [0.4, 0.5) is 11.4 Å². The Hall–Kier alpha value is -3.69. The van der Waals surface area contributed by atoms with Crippen LogP contribution >= 0.6 is 0 Å². The van der Waals surface area contributed by atoms with Crippen molar-refractivity contribution in [2.45, 2.75) is 19.8 Å². The average Bonchev–Trinajstić information content (AvgIpc) is 2.74. The first kappa shape index (κ1) is 19.6. The molecule has 30 heavy (non-hydrogen) atoms. The molecular formula is C20H17N3O7. The van der Waals surface area contributed by atoms with Gasteiger partial charge in [0.15, 0.2) is 5.78 Å². The molecule has 0 aromatic heterocycles. The van der Waals surface area contributed by atoms with Gasteiger partial charge in [0.2, 0.25) is 0 Å². The highest BCUT2D eigenvalue weighted by molar-refractivity contribution is 6.13. The van der Waals surface area contributed by atoms with Crippen molar-refractivity contribution < 1.29 is 24.3 Å². The van der Waals surface area contributed by atoms with Gasteiger partial charge >= 0.3 is 5.97 Å². The number of rotatable bonds is 4. The molecule has 1 aromatic carbocycles. The highest BCUT2D eigenvalue weighted by Gasteiger charge is 2.48. The number of allylic oxidation sites excluding steroid dienone is 4. The second-order valence-corrected chi connectivity index (χ2v) is 7.64. The first-order valence-corrected chi connectivity index (χ1v) is 9.41. The molecule has 154 valence electrons. The number of ketones is 1. The maximum atomic E-state index is 12.7. The fourth-order valence-electron chi connectivity index (χ4n) is 4.59. The van der Waals surface area contributed by atoms with Crippen LogP contribution in [-0.4, -0.2) is 27.3 Å². The van der Waals surface area contributed by atoms with Crippen molar-refractivity contribution in [1.82, 2.24) is 0 Å². The molecule has 2 bridgehead atoms. The number of hydrogen-bond donors (Lipinski definition) is 0. The molecule has 0 aliphatic heterocycles. The number of Topliss-reactive ketones (excluding diaryl/α,β-unsaturated/α-hetero) is 1. The van der Waals surface area contributed by atoms with E-state index < -0.39 is 32.8 Å². The lowest BCUT2D eigenvalue weighted by molar-refractivity contribution is -0.394. The smallest absolute Gasteiger partial charge is 0.312 e. The van der Waals surface area contributed by atoms with Crippen molar-refractivity contribution >= 4 is 28.8 Å². The monoisotopic (exact) mass is 411 g/mol. The summed E-state index contributed by atoms with van der Waals surface area (Å²) in [7, 11) is 0. The number of carbonyl (C=O) groups is 2. The van der Waals surface area contributed by atoms with Gasteiger partial charge < -0.3 is 4.84 Å². The van der Waals surface area contributed by atoms with Gasteiger partial charge in [-0.3, -0.25) is 25.0 Å². The van der Waals surface area contributed by atoms with Gasteiger partial charge in [0, 0.05) is 17.9 Å². The second-order valence-electron chi connectivity index (χ2n) is 7.64. The lowest BCUT2D eigenvalue weighted by atomic mass is 9.57. The van der Waals surface area contributed by atoms with E-state index in [1.807, 2.05) is 0 Å². The summed E-state index contributed by atoms with van der Waals surface area (Å²) in [5.41, 5.74) is -0.717. The normalized spacial score (nSPS) is 28.1. The number of oxime groups is 1. The Morgan fingerprint density at radius 2 is 1.77 bits per heavy atom. The van der Waals surface area contributed by atoms with Gasteiger partial charge in [-0.1, -0.05) is 17.3 Å². The Kier molecular flexibility index (Phi) is 4.76. The Labute approximate surface area is 170 Å². The average molecular weight is 411 g/mol. The molecule has 0 amide bonds. The molecular weight excluding hydrogens is 394 g/mol. The maximum Gasteiger partial charge on any atom is 0.372 e. The van der Waals surface area contributed by atoms with Crippen molar-refractivity contribution in [2.24, 2.45) is 28.8 Å². The summed E-state index contributed by atoms with van der Waals surface area (Å²) in [6.07, 6.45) is 7.55. The summed E-state index contributed by atoms with van der Waals surface area (Å²) < 4.78 is 0. The van der Waals surface area contributed by atoms with Gasteiger partial charge in [0.25, 0.3) is 11.4 Å². The molecule has 4 atom stereocenters. The molecule has 1 aromatic rings. The lowest BCUT2D eigenvalue weighted by Gasteiger charge is -2.45. The molecule has 1 saturated carbocycles. The van der Waals surface area contributed by atoms with Gasteiger partial charge in [-0.05, 0) is 49.3 Å². The predicted octanol–water partition coefficient (Wildman–Crippen LogP) is 3.37. The molecule has 5 rings (SSSR count). The fourth-order valence-corrected chi connectivity index (χ4v) is 4.59. The van der Waals surface area contributed by atoms with Gasteiger partial charge in [-0.25, -0.2) is 4.79 Å².